The van der Waals surface area contributed by atoms with Crippen LogP contribution < -0.4 is 15.0 Å². The molecule has 0 aliphatic carbocycles. The molecule has 24 heavy (non-hydrogen) atoms. The molecule has 2 N–H and O–H groups in total. The summed E-state index contributed by atoms with van der Waals surface area (Å²) < 4.78 is 29.9. The number of sulfonamides is 1. The number of rotatable bonds is 5. The summed E-state index contributed by atoms with van der Waals surface area (Å²) in [5.74, 6) is 0.639. The number of methoxy groups -OCH3 is 1. The van der Waals surface area contributed by atoms with Crippen LogP contribution in [-0.2, 0) is 10.0 Å². The number of nitrogens with one attached hydrogen (secondary N) is 2. The summed E-state index contributed by atoms with van der Waals surface area (Å²) >= 11 is 0. The Balaban J connectivity index is 1.88. The first-order valence-electron chi connectivity index (χ1n) is 7.13. The molecule has 1 aromatic heterocycles. The normalized spacial score (nSPS) is 11.4. The molecule has 0 saturated heterocycles. The number of hydrogen-bond donors (Lipinski definition) is 2. The van der Waals surface area contributed by atoms with Gasteiger partial charge < -0.3 is 10.2 Å². The van der Waals surface area contributed by atoms with Gasteiger partial charge in [-0.2, -0.15) is 10.2 Å². The predicted molar refractivity (Wildman–Crippen MR) is 91.2 cm³/mol. The summed E-state index contributed by atoms with van der Waals surface area (Å²) in [5, 5.41) is 8.56. The molecule has 124 valence electrons. The van der Waals surface area contributed by atoms with Crippen LogP contribution in [0.25, 0.3) is 10.9 Å². The Labute approximate surface area is 139 Å². The third-order valence-corrected chi connectivity index (χ3v) is 4.76. The summed E-state index contributed by atoms with van der Waals surface area (Å²) in [4.78, 5) is 2.53. The maximum Gasteiger partial charge on any atom is 0.257 e. The smallest absolute Gasteiger partial charge is 0.257 e. The number of hydrazine groups is 1. The van der Waals surface area contributed by atoms with E-state index in [0.29, 0.717) is 22.3 Å². The van der Waals surface area contributed by atoms with Crippen LogP contribution in [0.1, 0.15) is 5.56 Å². The van der Waals surface area contributed by atoms with Gasteiger partial charge >= 0.3 is 0 Å². The van der Waals surface area contributed by atoms with Crippen LogP contribution in [0.4, 0.5) is 5.69 Å². The lowest BCUT2D eigenvalue weighted by atomic mass is 10.2. The van der Waals surface area contributed by atoms with E-state index in [2.05, 4.69) is 20.5 Å². The van der Waals surface area contributed by atoms with Gasteiger partial charge in [-0.15, -0.1) is 4.83 Å². The van der Waals surface area contributed by atoms with E-state index in [1.165, 1.54) is 6.20 Å². The first-order valence-corrected chi connectivity index (χ1v) is 8.62. The van der Waals surface area contributed by atoms with Crippen LogP contribution in [0.3, 0.4) is 0 Å². The third kappa shape index (κ3) is 3.29. The molecule has 0 bridgehead atoms. The van der Waals surface area contributed by atoms with E-state index in [4.69, 9.17) is 4.74 Å². The van der Waals surface area contributed by atoms with Crippen molar-refractivity contribution in [2.45, 2.75) is 11.8 Å². The maximum absolute atomic E-state index is 12.3. The molecule has 0 spiro atoms. The van der Waals surface area contributed by atoms with Crippen molar-refractivity contribution in [3.05, 3.63) is 54.2 Å². The minimum absolute atomic E-state index is 0.171. The van der Waals surface area contributed by atoms with E-state index in [1.54, 1.807) is 49.6 Å². The fourth-order valence-corrected chi connectivity index (χ4v) is 3.02. The average molecular weight is 344 g/mol. The minimum Gasteiger partial charge on any atom is -0.497 e. The average Bonchev–Trinajstić information content (AvgIpc) is 2.60. The fourth-order valence-electron chi connectivity index (χ4n) is 2.16. The molecule has 3 rings (SSSR count). The highest BCUT2D eigenvalue weighted by Crippen LogP contribution is 2.24. The van der Waals surface area contributed by atoms with E-state index in [0.717, 1.165) is 5.56 Å². The van der Waals surface area contributed by atoms with Crippen molar-refractivity contribution in [1.82, 2.24) is 15.0 Å². The van der Waals surface area contributed by atoms with E-state index in [1.807, 2.05) is 6.92 Å². The topological polar surface area (TPSA) is 93.2 Å². The van der Waals surface area contributed by atoms with Crippen LogP contribution in [0.15, 0.2) is 53.6 Å². The lowest BCUT2D eigenvalue weighted by Gasteiger charge is -2.11. The molecule has 0 fully saturated rings. The van der Waals surface area contributed by atoms with Crippen molar-refractivity contribution < 1.29 is 13.2 Å². The number of aryl methyl sites for hydroxylation is 1. The molecule has 8 heteroatoms. The molecule has 0 radical (unpaired) electrons. The highest BCUT2D eigenvalue weighted by atomic mass is 32.2. The number of hydrogen-bond acceptors (Lipinski definition) is 6. The molecule has 2 aromatic carbocycles. The number of aromatic nitrogens is 2. The van der Waals surface area contributed by atoms with Gasteiger partial charge in [-0.1, -0.05) is 17.7 Å². The van der Waals surface area contributed by atoms with E-state index in [9.17, 15) is 8.42 Å². The van der Waals surface area contributed by atoms with Gasteiger partial charge in [-0.05, 0) is 37.3 Å². The number of ether oxygens (including phenoxy) is 1. The highest BCUT2D eigenvalue weighted by molar-refractivity contribution is 7.89. The Morgan fingerprint density at radius 2 is 1.83 bits per heavy atom. The molecular formula is C16H16N4O3S. The number of anilines is 1. The second-order valence-corrected chi connectivity index (χ2v) is 6.87. The molecule has 0 aliphatic rings. The van der Waals surface area contributed by atoms with Crippen LogP contribution in [0, 0.1) is 6.92 Å². The van der Waals surface area contributed by atoms with Crippen molar-refractivity contribution in [2.24, 2.45) is 0 Å². The molecule has 0 unspecified atom stereocenters. The second kappa shape index (κ2) is 6.42. The van der Waals surface area contributed by atoms with Crippen LogP contribution >= 0.6 is 0 Å². The van der Waals surface area contributed by atoms with Crippen molar-refractivity contribution in [3.8, 4) is 5.75 Å². The van der Waals surface area contributed by atoms with Crippen LogP contribution in [0.5, 0.6) is 5.75 Å². The molecular weight excluding hydrogens is 328 g/mol. The summed E-state index contributed by atoms with van der Waals surface area (Å²) in [6, 6.07) is 11.8. The van der Waals surface area contributed by atoms with Crippen LogP contribution in [-0.4, -0.2) is 25.7 Å². The van der Waals surface area contributed by atoms with Crippen LogP contribution in [0.2, 0.25) is 0 Å². The van der Waals surface area contributed by atoms with E-state index in [-0.39, 0.29) is 4.90 Å². The number of benzene rings is 2. The summed E-state index contributed by atoms with van der Waals surface area (Å²) in [6.07, 6.45) is 1.44. The van der Waals surface area contributed by atoms with Crippen molar-refractivity contribution in [1.29, 1.82) is 0 Å². The van der Waals surface area contributed by atoms with E-state index < -0.39 is 10.0 Å². The lowest BCUT2D eigenvalue weighted by Crippen LogP contribution is -2.29. The van der Waals surface area contributed by atoms with Gasteiger partial charge in [-0.3, -0.25) is 0 Å². The first-order chi connectivity index (χ1) is 11.5. The standard InChI is InChI=1S/C16H16N4O3S/c1-11-3-6-13(7-4-11)24(21,22)20-19-16-10-17-18-15-8-5-12(23-2)9-14(15)16/h3-10,20H,1-2H3,(H,18,19). The van der Waals surface area contributed by atoms with Gasteiger partial charge in [0.25, 0.3) is 10.0 Å². The summed E-state index contributed by atoms with van der Waals surface area (Å²) in [6.45, 7) is 1.89. The summed E-state index contributed by atoms with van der Waals surface area (Å²) in [7, 11) is -2.14. The van der Waals surface area contributed by atoms with Crippen molar-refractivity contribution in [3.63, 3.8) is 0 Å². The number of fused-ring (bicyclic) bond motifs is 1. The molecule has 1 heterocycles. The van der Waals surface area contributed by atoms with Gasteiger partial charge in [0, 0.05) is 5.39 Å². The Kier molecular flexibility index (Phi) is 4.32. The zero-order valence-electron chi connectivity index (χ0n) is 13.1. The van der Waals surface area contributed by atoms with Gasteiger partial charge in [-0.25, -0.2) is 8.42 Å². The summed E-state index contributed by atoms with van der Waals surface area (Å²) in [5.41, 5.74) is 4.78. The molecule has 0 saturated carbocycles. The first kappa shape index (κ1) is 16.2. The largest absolute Gasteiger partial charge is 0.497 e. The lowest BCUT2D eigenvalue weighted by molar-refractivity contribution is 0.415. The second-order valence-electron chi connectivity index (χ2n) is 5.18. The molecule has 0 aliphatic heterocycles. The Morgan fingerprint density at radius 3 is 2.54 bits per heavy atom. The van der Waals surface area contributed by atoms with Crippen molar-refractivity contribution in [2.75, 3.05) is 12.5 Å². The molecule has 3 aromatic rings. The predicted octanol–water partition coefficient (Wildman–Crippen LogP) is 2.25. The van der Waals surface area contributed by atoms with Gasteiger partial charge in [0.05, 0.1) is 29.4 Å². The molecule has 7 nitrogen and oxygen atoms in total. The minimum atomic E-state index is -3.70. The molecule has 0 atom stereocenters. The third-order valence-electron chi connectivity index (χ3n) is 3.50. The van der Waals surface area contributed by atoms with Crippen molar-refractivity contribution >= 4 is 26.6 Å². The zero-order valence-corrected chi connectivity index (χ0v) is 14.0. The Morgan fingerprint density at radius 1 is 1.08 bits per heavy atom. The maximum atomic E-state index is 12.3. The quantitative estimate of drug-likeness (QED) is 0.690. The number of nitrogens with zero attached hydrogens (tertiary/aromatic N) is 2. The Bertz CT molecular complexity index is 972. The molecule has 0 amide bonds. The zero-order chi connectivity index (χ0) is 17.2. The van der Waals surface area contributed by atoms with Gasteiger partial charge in [0.15, 0.2) is 0 Å². The van der Waals surface area contributed by atoms with Gasteiger partial charge in [0.2, 0.25) is 0 Å². The Hall–Kier alpha value is -2.71. The van der Waals surface area contributed by atoms with Gasteiger partial charge in [0.1, 0.15) is 5.75 Å². The van der Waals surface area contributed by atoms with E-state index >= 15 is 0 Å². The highest BCUT2D eigenvalue weighted by Gasteiger charge is 2.14. The monoisotopic (exact) mass is 344 g/mol. The SMILES string of the molecule is COc1ccc2nncc(NNS(=O)(=O)c3ccc(C)cc3)c2c1. The fraction of sp³-hybridized carbons (Fsp3) is 0.125.